The van der Waals surface area contributed by atoms with E-state index in [0.29, 0.717) is 5.69 Å². The fraction of sp³-hybridized carbons (Fsp3) is 0.600. The summed E-state index contributed by atoms with van der Waals surface area (Å²) < 4.78 is 38.5. The third kappa shape index (κ3) is 2.07. The van der Waals surface area contributed by atoms with Crippen LogP contribution in [0.3, 0.4) is 0 Å². The van der Waals surface area contributed by atoms with Gasteiger partial charge in [-0.15, -0.1) is 0 Å². The fourth-order valence-corrected chi connectivity index (χ4v) is 2.26. The summed E-state index contributed by atoms with van der Waals surface area (Å²) in [6, 6.07) is 1.65. The Hall–Kier alpha value is -1.57. The topological polar surface area (TPSA) is 64.2 Å². The molecule has 2 rings (SSSR count). The SMILES string of the molecule is Cn1nccc1C1(N)CCN(C(=O)C(F)(F)F)C1. The molecule has 0 spiro atoms. The Morgan fingerprint density at radius 2 is 2.22 bits per heavy atom. The number of nitrogens with two attached hydrogens (primary N) is 1. The van der Waals surface area contributed by atoms with Gasteiger partial charge in [0.15, 0.2) is 0 Å². The van der Waals surface area contributed by atoms with Gasteiger partial charge in [-0.05, 0) is 12.5 Å². The molecule has 100 valence electrons. The first-order valence-electron chi connectivity index (χ1n) is 5.37. The standard InChI is InChI=1S/C10H13F3N4O/c1-16-7(2-4-15-16)9(14)3-5-17(6-9)8(18)10(11,12)13/h2,4H,3,5-6,14H2,1H3. The molecule has 18 heavy (non-hydrogen) atoms. The molecule has 0 saturated carbocycles. The summed E-state index contributed by atoms with van der Waals surface area (Å²) in [4.78, 5) is 11.9. The molecule has 1 saturated heterocycles. The number of aromatic nitrogens is 2. The van der Waals surface area contributed by atoms with Crippen molar-refractivity contribution in [3.8, 4) is 0 Å². The van der Waals surface area contributed by atoms with Crippen LogP contribution >= 0.6 is 0 Å². The van der Waals surface area contributed by atoms with Crippen molar-refractivity contribution >= 4 is 5.91 Å². The van der Waals surface area contributed by atoms with Gasteiger partial charge in [-0.2, -0.15) is 18.3 Å². The van der Waals surface area contributed by atoms with E-state index in [1.165, 1.54) is 10.9 Å². The second-order valence-corrected chi connectivity index (χ2v) is 4.47. The van der Waals surface area contributed by atoms with Gasteiger partial charge >= 0.3 is 12.1 Å². The smallest absolute Gasteiger partial charge is 0.333 e. The van der Waals surface area contributed by atoms with Crippen LogP contribution in [0.4, 0.5) is 13.2 Å². The lowest BCUT2D eigenvalue weighted by Crippen LogP contribution is -2.45. The highest BCUT2D eigenvalue weighted by Gasteiger charge is 2.48. The number of halogens is 3. The van der Waals surface area contributed by atoms with E-state index >= 15 is 0 Å². The molecule has 1 aromatic heterocycles. The molecule has 1 aromatic rings. The van der Waals surface area contributed by atoms with E-state index in [4.69, 9.17) is 5.73 Å². The molecule has 1 aliphatic rings. The quantitative estimate of drug-likeness (QED) is 0.795. The largest absolute Gasteiger partial charge is 0.471 e. The van der Waals surface area contributed by atoms with E-state index in [-0.39, 0.29) is 19.5 Å². The second-order valence-electron chi connectivity index (χ2n) is 4.47. The van der Waals surface area contributed by atoms with Crippen molar-refractivity contribution in [1.82, 2.24) is 14.7 Å². The molecule has 5 nitrogen and oxygen atoms in total. The Balaban J connectivity index is 2.18. The monoisotopic (exact) mass is 262 g/mol. The fourth-order valence-electron chi connectivity index (χ4n) is 2.26. The molecule has 1 fully saturated rings. The summed E-state index contributed by atoms with van der Waals surface area (Å²) in [5, 5.41) is 3.94. The predicted molar refractivity (Wildman–Crippen MR) is 56.3 cm³/mol. The van der Waals surface area contributed by atoms with E-state index in [9.17, 15) is 18.0 Å². The van der Waals surface area contributed by atoms with Crippen LogP contribution in [-0.2, 0) is 17.4 Å². The number of amides is 1. The number of hydrogen-bond acceptors (Lipinski definition) is 3. The van der Waals surface area contributed by atoms with Gasteiger partial charge in [0.2, 0.25) is 0 Å². The Bertz CT molecular complexity index is 470. The first-order valence-corrected chi connectivity index (χ1v) is 5.37. The van der Waals surface area contributed by atoms with Crippen LogP contribution in [-0.4, -0.2) is 39.9 Å². The molecule has 0 radical (unpaired) electrons. The number of carbonyl (C=O) groups is 1. The summed E-state index contributed by atoms with van der Waals surface area (Å²) in [5.74, 6) is -1.84. The lowest BCUT2D eigenvalue weighted by atomic mass is 9.96. The first-order chi connectivity index (χ1) is 8.24. The van der Waals surface area contributed by atoms with Crippen molar-refractivity contribution < 1.29 is 18.0 Å². The van der Waals surface area contributed by atoms with E-state index in [0.717, 1.165) is 4.90 Å². The molecule has 0 aromatic carbocycles. The van der Waals surface area contributed by atoms with Crippen LogP contribution in [0.1, 0.15) is 12.1 Å². The van der Waals surface area contributed by atoms with Crippen LogP contribution in [0.25, 0.3) is 0 Å². The molecular weight excluding hydrogens is 249 g/mol. The maximum atomic E-state index is 12.3. The Kier molecular flexibility index (Phi) is 2.84. The predicted octanol–water partition coefficient (Wildman–Crippen LogP) is 0.369. The normalized spacial score (nSPS) is 24.6. The molecule has 0 aliphatic carbocycles. The van der Waals surface area contributed by atoms with Gasteiger partial charge in [0.1, 0.15) is 0 Å². The average molecular weight is 262 g/mol. The summed E-state index contributed by atoms with van der Waals surface area (Å²) >= 11 is 0. The van der Waals surface area contributed by atoms with Crippen molar-refractivity contribution in [3.63, 3.8) is 0 Å². The van der Waals surface area contributed by atoms with Gasteiger partial charge in [0.05, 0.1) is 11.2 Å². The van der Waals surface area contributed by atoms with E-state index < -0.39 is 17.6 Å². The molecular formula is C10H13F3N4O. The van der Waals surface area contributed by atoms with Gasteiger partial charge in [-0.1, -0.05) is 0 Å². The number of carbonyl (C=O) groups excluding carboxylic acids is 1. The first kappa shape index (κ1) is 12.9. The molecule has 1 unspecified atom stereocenters. The van der Waals surface area contributed by atoms with Crippen LogP contribution in [0, 0.1) is 0 Å². The van der Waals surface area contributed by atoms with Crippen molar-refractivity contribution in [2.45, 2.75) is 18.1 Å². The van der Waals surface area contributed by atoms with Gasteiger partial charge in [-0.3, -0.25) is 9.48 Å². The maximum Gasteiger partial charge on any atom is 0.471 e. The van der Waals surface area contributed by atoms with Crippen LogP contribution in [0.2, 0.25) is 0 Å². The molecule has 1 aliphatic heterocycles. The number of aryl methyl sites for hydroxylation is 1. The molecule has 8 heteroatoms. The lowest BCUT2D eigenvalue weighted by Gasteiger charge is -2.25. The van der Waals surface area contributed by atoms with Gasteiger partial charge < -0.3 is 10.6 Å². The van der Waals surface area contributed by atoms with Gasteiger partial charge in [0.25, 0.3) is 0 Å². The lowest BCUT2D eigenvalue weighted by molar-refractivity contribution is -0.184. The van der Waals surface area contributed by atoms with Crippen molar-refractivity contribution in [2.75, 3.05) is 13.1 Å². The van der Waals surface area contributed by atoms with Crippen LogP contribution in [0.15, 0.2) is 12.3 Å². The minimum absolute atomic E-state index is 0.0000231. The summed E-state index contributed by atoms with van der Waals surface area (Å²) in [6.45, 7) is -0.148. The van der Waals surface area contributed by atoms with E-state index in [1.807, 2.05) is 0 Å². The molecule has 2 N–H and O–H groups in total. The van der Waals surface area contributed by atoms with Crippen molar-refractivity contribution in [1.29, 1.82) is 0 Å². The van der Waals surface area contributed by atoms with Crippen LogP contribution in [0.5, 0.6) is 0 Å². The number of rotatable bonds is 1. The van der Waals surface area contributed by atoms with Crippen LogP contribution < -0.4 is 5.73 Å². The summed E-state index contributed by atoms with van der Waals surface area (Å²) in [5.41, 5.74) is 5.73. The number of nitrogens with zero attached hydrogens (tertiary/aromatic N) is 3. The summed E-state index contributed by atoms with van der Waals surface area (Å²) in [6.07, 6.45) is -3.04. The van der Waals surface area contributed by atoms with Gasteiger partial charge in [-0.25, -0.2) is 0 Å². The van der Waals surface area contributed by atoms with Crippen molar-refractivity contribution in [2.24, 2.45) is 12.8 Å². The summed E-state index contributed by atoms with van der Waals surface area (Å²) in [7, 11) is 1.66. The molecule has 1 atom stereocenters. The molecule has 0 bridgehead atoms. The highest BCUT2D eigenvalue weighted by atomic mass is 19.4. The molecule has 1 amide bonds. The Morgan fingerprint density at radius 1 is 1.56 bits per heavy atom. The zero-order valence-corrected chi connectivity index (χ0v) is 9.74. The van der Waals surface area contributed by atoms with Gasteiger partial charge in [0, 0.05) is 26.3 Å². The highest BCUT2D eigenvalue weighted by molar-refractivity contribution is 5.82. The van der Waals surface area contributed by atoms with Crippen molar-refractivity contribution in [3.05, 3.63) is 18.0 Å². The maximum absolute atomic E-state index is 12.3. The average Bonchev–Trinajstić information content (AvgIpc) is 2.83. The second kappa shape index (κ2) is 3.98. The third-order valence-corrected chi connectivity index (χ3v) is 3.16. The minimum Gasteiger partial charge on any atom is -0.333 e. The number of likely N-dealkylation sites (tertiary alicyclic amines) is 1. The van der Waals surface area contributed by atoms with E-state index in [2.05, 4.69) is 5.10 Å². The Morgan fingerprint density at radius 3 is 2.72 bits per heavy atom. The third-order valence-electron chi connectivity index (χ3n) is 3.16. The zero-order chi connectivity index (χ0) is 13.6. The highest BCUT2D eigenvalue weighted by Crippen LogP contribution is 2.31. The minimum atomic E-state index is -4.85. The van der Waals surface area contributed by atoms with E-state index in [1.54, 1.807) is 13.1 Å². The molecule has 2 heterocycles. The Labute approximate surface area is 101 Å². The zero-order valence-electron chi connectivity index (χ0n) is 9.74. The number of alkyl halides is 3. The number of hydrogen-bond donors (Lipinski definition) is 1.